The molecule has 0 radical (unpaired) electrons. The molecule has 0 bridgehead atoms. The van der Waals surface area contributed by atoms with E-state index in [1.165, 1.54) is 18.2 Å². The highest BCUT2D eigenvalue weighted by atomic mass is 32.2. The highest BCUT2D eigenvalue weighted by Crippen LogP contribution is 2.29. The summed E-state index contributed by atoms with van der Waals surface area (Å²) in [4.78, 5) is 31.4. The van der Waals surface area contributed by atoms with Crippen LogP contribution >= 0.6 is 0 Å². The van der Waals surface area contributed by atoms with E-state index < -0.39 is 28.0 Å². The number of Topliss-reactive ketones (excluding diaryl/α,β-unsaturated/α-hetero) is 1. The second-order valence-corrected chi connectivity index (χ2v) is 5.12. The van der Waals surface area contributed by atoms with E-state index in [1.807, 2.05) is 4.72 Å². The zero-order valence-corrected chi connectivity index (χ0v) is 8.98. The van der Waals surface area contributed by atoms with Gasteiger partial charge in [0.2, 0.25) is 5.78 Å². The Kier molecular flexibility index (Phi) is 1.91. The van der Waals surface area contributed by atoms with Crippen LogP contribution < -0.4 is 4.72 Å². The summed E-state index contributed by atoms with van der Waals surface area (Å²) in [6.45, 7) is 0. The monoisotopic (exact) mass is 255 g/mol. The van der Waals surface area contributed by atoms with E-state index in [9.17, 15) is 18.0 Å². The van der Waals surface area contributed by atoms with E-state index in [2.05, 4.69) is 9.78 Å². The lowest BCUT2D eigenvalue weighted by Crippen LogP contribution is -2.21. The number of benzene rings is 1. The van der Waals surface area contributed by atoms with Gasteiger partial charge >= 0.3 is 0 Å². The summed E-state index contributed by atoms with van der Waals surface area (Å²) in [5, 5.41) is 0. The maximum absolute atomic E-state index is 11.7. The molecule has 88 valence electrons. The van der Waals surface area contributed by atoms with Crippen molar-refractivity contribution >= 4 is 21.7 Å². The lowest BCUT2D eigenvalue weighted by atomic mass is 10.1. The minimum atomic E-state index is -3.97. The van der Waals surface area contributed by atoms with Crippen LogP contribution in [0.5, 0.6) is 0 Å². The third-order valence-corrected chi connectivity index (χ3v) is 3.86. The Hall–Kier alpha value is -1.77. The lowest BCUT2D eigenvalue weighted by Gasteiger charge is -2.01. The Labute approximate surface area is 95.3 Å². The molecule has 3 rings (SSSR count). The van der Waals surface area contributed by atoms with Crippen molar-refractivity contribution in [3.63, 3.8) is 0 Å². The van der Waals surface area contributed by atoms with Gasteiger partial charge in [0, 0.05) is 5.56 Å². The Morgan fingerprint density at radius 3 is 2.65 bits per heavy atom. The van der Waals surface area contributed by atoms with Gasteiger partial charge in [-0.2, -0.15) is 9.78 Å². The van der Waals surface area contributed by atoms with E-state index in [0.29, 0.717) is 0 Å². The summed E-state index contributed by atoms with van der Waals surface area (Å²) in [7, 11) is -3.97. The third-order valence-electron chi connectivity index (χ3n) is 2.43. The van der Waals surface area contributed by atoms with Crippen molar-refractivity contribution in [3.8, 4) is 0 Å². The predicted octanol–water partition coefficient (Wildman–Crippen LogP) is -0.411. The van der Waals surface area contributed by atoms with Crippen molar-refractivity contribution in [2.45, 2.75) is 11.2 Å². The van der Waals surface area contributed by atoms with Gasteiger partial charge in [0.05, 0.1) is 5.56 Å². The number of nitrogens with one attached hydrogen (secondary N) is 1. The largest absolute Gasteiger partial charge is 0.288 e. The van der Waals surface area contributed by atoms with Gasteiger partial charge in [0.15, 0.2) is 0 Å². The molecule has 0 spiro atoms. The molecule has 7 nitrogen and oxygen atoms in total. The van der Waals surface area contributed by atoms with Crippen LogP contribution in [0.1, 0.15) is 20.7 Å². The fraction of sp³-hybridized carbons (Fsp3) is 0.111. The molecule has 8 heteroatoms. The van der Waals surface area contributed by atoms with Crippen molar-refractivity contribution < 1.29 is 27.8 Å². The van der Waals surface area contributed by atoms with Gasteiger partial charge in [0.1, 0.15) is 4.90 Å². The molecular weight excluding hydrogens is 250 g/mol. The average molecular weight is 255 g/mol. The Bertz CT molecular complexity index is 645. The number of rotatable bonds is 2. The van der Waals surface area contributed by atoms with Gasteiger partial charge in [-0.25, -0.2) is 13.1 Å². The maximum atomic E-state index is 11.7. The highest BCUT2D eigenvalue weighted by Gasteiger charge is 2.42. The van der Waals surface area contributed by atoms with Crippen LogP contribution in [-0.2, 0) is 19.8 Å². The van der Waals surface area contributed by atoms with E-state index >= 15 is 0 Å². The Morgan fingerprint density at radius 1 is 1.29 bits per heavy atom. The Morgan fingerprint density at radius 2 is 2.00 bits per heavy atom. The molecule has 1 aromatic carbocycles. The van der Waals surface area contributed by atoms with E-state index in [0.717, 1.165) is 0 Å². The van der Waals surface area contributed by atoms with Crippen LogP contribution in [0.2, 0.25) is 0 Å². The molecule has 1 N–H and O–H groups in total. The zero-order valence-electron chi connectivity index (χ0n) is 8.17. The van der Waals surface area contributed by atoms with Gasteiger partial charge in [-0.3, -0.25) is 9.59 Å². The van der Waals surface area contributed by atoms with E-state index in [-0.39, 0.29) is 16.0 Å². The van der Waals surface area contributed by atoms with Crippen molar-refractivity contribution in [2.24, 2.45) is 0 Å². The SMILES string of the molecule is O=C1NS(=O)(=O)c2c1cccc2C(=O)C1OO1. The average Bonchev–Trinajstić information content (AvgIpc) is 3.07. The van der Waals surface area contributed by atoms with Crippen LogP contribution in [-0.4, -0.2) is 26.4 Å². The molecule has 0 unspecified atom stereocenters. The molecular formula is C9H5NO6S. The lowest BCUT2D eigenvalue weighted by molar-refractivity contribution is 0.0850. The summed E-state index contributed by atoms with van der Waals surface area (Å²) in [6.07, 6.45) is -1.08. The summed E-state index contributed by atoms with van der Waals surface area (Å²) < 4.78 is 25.1. The smallest absolute Gasteiger partial charge is 0.286 e. The van der Waals surface area contributed by atoms with Crippen molar-refractivity contribution in [1.82, 2.24) is 4.72 Å². The molecule has 1 amide bonds. The maximum Gasteiger partial charge on any atom is 0.286 e. The first-order chi connectivity index (χ1) is 8.00. The summed E-state index contributed by atoms with van der Waals surface area (Å²) >= 11 is 0. The number of amides is 1. The number of hydrogen-bond acceptors (Lipinski definition) is 6. The number of hydrogen-bond donors (Lipinski definition) is 1. The summed E-state index contributed by atoms with van der Waals surface area (Å²) in [5.74, 6) is -1.37. The predicted molar refractivity (Wildman–Crippen MR) is 51.4 cm³/mol. The molecule has 17 heavy (non-hydrogen) atoms. The van der Waals surface area contributed by atoms with Crippen LogP contribution in [0.25, 0.3) is 0 Å². The van der Waals surface area contributed by atoms with Gasteiger partial charge in [0.25, 0.3) is 22.2 Å². The molecule has 1 saturated heterocycles. The van der Waals surface area contributed by atoms with Crippen LogP contribution in [0, 0.1) is 0 Å². The van der Waals surface area contributed by atoms with E-state index in [4.69, 9.17) is 0 Å². The molecule has 0 aromatic heterocycles. The molecule has 0 saturated carbocycles. The van der Waals surface area contributed by atoms with Crippen LogP contribution in [0.3, 0.4) is 0 Å². The molecule has 0 atom stereocenters. The zero-order chi connectivity index (χ0) is 12.2. The van der Waals surface area contributed by atoms with E-state index in [1.54, 1.807) is 0 Å². The first-order valence-corrected chi connectivity index (χ1v) is 6.05. The highest BCUT2D eigenvalue weighted by molar-refractivity contribution is 7.90. The minimum absolute atomic E-state index is 0.0449. The second kappa shape index (κ2) is 3.13. The molecule has 2 heterocycles. The van der Waals surface area contributed by atoms with Gasteiger partial charge < -0.3 is 0 Å². The van der Waals surface area contributed by atoms with Crippen molar-refractivity contribution in [3.05, 3.63) is 29.3 Å². The summed E-state index contributed by atoms with van der Waals surface area (Å²) in [5.41, 5.74) is -0.153. The molecule has 0 aliphatic carbocycles. The minimum Gasteiger partial charge on any atom is -0.288 e. The number of carbonyl (C=O) groups excluding carboxylic acids is 2. The molecule has 1 aromatic rings. The molecule has 2 aliphatic heterocycles. The summed E-state index contributed by atoms with van der Waals surface area (Å²) in [6, 6.07) is 4.07. The van der Waals surface area contributed by atoms with Gasteiger partial charge in [-0.05, 0) is 12.1 Å². The molecule has 2 aliphatic rings. The van der Waals surface area contributed by atoms with Gasteiger partial charge in [-0.1, -0.05) is 6.07 Å². The second-order valence-electron chi connectivity index (χ2n) is 3.51. The third kappa shape index (κ3) is 1.46. The van der Waals surface area contributed by atoms with Crippen molar-refractivity contribution in [2.75, 3.05) is 0 Å². The standard InChI is InChI=1S/C9H5NO6S/c11-6(9-15-16-9)4-2-1-3-5-7(4)17(13,14)10-8(5)12/h1-3,9H,(H,10,12). The van der Waals surface area contributed by atoms with Crippen molar-refractivity contribution in [1.29, 1.82) is 0 Å². The topological polar surface area (TPSA) is 105 Å². The fourth-order valence-corrected chi connectivity index (χ4v) is 3.03. The molecule has 1 fully saturated rings. The van der Waals surface area contributed by atoms with Gasteiger partial charge in [-0.15, -0.1) is 0 Å². The van der Waals surface area contributed by atoms with Crippen LogP contribution in [0.15, 0.2) is 23.1 Å². The first-order valence-electron chi connectivity index (χ1n) is 4.57. The number of ketones is 1. The Balaban J connectivity index is 2.25. The number of carbonyl (C=O) groups is 2. The first kappa shape index (κ1) is 10.4. The fourth-order valence-electron chi connectivity index (χ4n) is 1.67. The quantitative estimate of drug-likeness (QED) is 0.437. The number of sulfonamides is 1. The van der Waals surface area contributed by atoms with Crippen LogP contribution in [0.4, 0.5) is 0 Å². The number of fused-ring (bicyclic) bond motifs is 1. The normalized spacial score (nSPS) is 20.8.